The second-order valence-corrected chi connectivity index (χ2v) is 5.27. The minimum absolute atomic E-state index is 0.365. The van der Waals surface area contributed by atoms with Gasteiger partial charge in [-0.3, -0.25) is 4.79 Å². The van der Waals surface area contributed by atoms with E-state index in [0.29, 0.717) is 13.1 Å². The van der Waals surface area contributed by atoms with Crippen LogP contribution in [-0.4, -0.2) is 11.5 Å². The Bertz CT molecular complexity index is 428. The third kappa shape index (κ3) is 6.19. The molecule has 0 amide bonds. The van der Waals surface area contributed by atoms with E-state index >= 15 is 0 Å². The summed E-state index contributed by atoms with van der Waals surface area (Å²) in [5.41, 5.74) is 2.09. The molecule has 3 nitrogen and oxygen atoms in total. The number of ether oxygens (including phenoxy) is 1. The number of thiazole rings is 1. The predicted molar refractivity (Wildman–Crippen MR) is 71.8 cm³/mol. The Morgan fingerprint density at radius 3 is 2.53 bits per heavy atom. The summed E-state index contributed by atoms with van der Waals surface area (Å²) >= 11 is 4.85. The first kappa shape index (κ1) is 13.9. The molecule has 0 aliphatic carbocycles. The van der Waals surface area contributed by atoms with Gasteiger partial charge in [-0.05, 0) is 28.4 Å². The van der Waals surface area contributed by atoms with E-state index in [-0.39, 0.29) is 0 Å². The standard InChI is InChI=1S/C8H8O2.C4H4BrNS/c9-7-10-6-8-4-2-1-3-5-8;1-3-2-7-4(5)6-3/h1-5,7H,6H2;2H,1H3. The first-order chi connectivity index (χ1) is 8.22. The second-order valence-electron chi connectivity index (χ2n) is 3.13. The minimum atomic E-state index is 0.365. The van der Waals surface area contributed by atoms with E-state index in [1.54, 1.807) is 11.3 Å². The molecule has 1 aromatic carbocycles. The zero-order chi connectivity index (χ0) is 12.5. The van der Waals surface area contributed by atoms with E-state index in [0.717, 1.165) is 15.2 Å². The van der Waals surface area contributed by atoms with Gasteiger partial charge in [0, 0.05) is 11.1 Å². The van der Waals surface area contributed by atoms with Crippen LogP contribution < -0.4 is 0 Å². The highest BCUT2D eigenvalue weighted by atomic mass is 79.9. The number of aromatic nitrogens is 1. The fraction of sp³-hybridized carbons (Fsp3) is 0.167. The van der Waals surface area contributed by atoms with Crippen molar-refractivity contribution in [1.82, 2.24) is 4.98 Å². The molecular weight excluding hydrogens is 302 g/mol. The van der Waals surface area contributed by atoms with Crippen LogP contribution in [0.15, 0.2) is 39.6 Å². The average molecular weight is 314 g/mol. The zero-order valence-electron chi connectivity index (χ0n) is 9.30. The molecular formula is C12H12BrNO2S. The number of carbonyl (C=O) groups excluding carboxylic acids is 1. The Hall–Kier alpha value is -1.20. The highest BCUT2D eigenvalue weighted by Gasteiger charge is 1.88. The summed E-state index contributed by atoms with van der Waals surface area (Å²) in [6, 6.07) is 9.55. The Balaban J connectivity index is 0.000000181. The van der Waals surface area contributed by atoms with Crippen LogP contribution >= 0.6 is 27.3 Å². The van der Waals surface area contributed by atoms with Gasteiger partial charge in [0.2, 0.25) is 0 Å². The van der Waals surface area contributed by atoms with Crippen molar-refractivity contribution in [3.8, 4) is 0 Å². The molecule has 2 rings (SSSR count). The largest absolute Gasteiger partial charge is 0.463 e. The van der Waals surface area contributed by atoms with E-state index in [2.05, 4.69) is 25.7 Å². The van der Waals surface area contributed by atoms with Crippen LogP contribution in [0.2, 0.25) is 0 Å². The number of hydrogen-bond acceptors (Lipinski definition) is 4. The lowest BCUT2D eigenvalue weighted by Crippen LogP contribution is -1.88. The topological polar surface area (TPSA) is 39.2 Å². The van der Waals surface area contributed by atoms with Gasteiger partial charge < -0.3 is 4.74 Å². The van der Waals surface area contributed by atoms with Crippen LogP contribution in [0.3, 0.4) is 0 Å². The molecule has 0 atom stereocenters. The van der Waals surface area contributed by atoms with Gasteiger partial charge in [0.1, 0.15) is 6.61 Å². The maximum Gasteiger partial charge on any atom is 0.293 e. The fourth-order valence-corrected chi connectivity index (χ4v) is 2.11. The van der Waals surface area contributed by atoms with Gasteiger partial charge in [-0.2, -0.15) is 0 Å². The molecule has 17 heavy (non-hydrogen) atoms. The molecule has 0 spiro atoms. The Kier molecular flexibility index (Phi) is 6.50. The summed E-state index contributed by atoms with van der Waals surface area (Å²) in [5, 5.41) is 2.00. The van der Waals surface area contributed by atoms with Crippen molar-refractivity contribution in [2.24, 2.45) is 0 Å². The zero-order valence-corrected chi connectivity index (χ0v) is 11.7. The van der Waals surface area contributed by atoms with E-state index < -0.39 is 0 Å². The Morgan fingerprint density at radius 1 is 1.41 bits per heavy atom. The van der Waals surface area contributed by atoms with E-state index in [9.17, 15) is 4.79 Å². The predicted octanol–water partition coefficient (Wildman–Crippen LogP) is 3.57. The number of nitrogens with zero attached hydrogens (tertiary/aromatic N) is 1. The first-order valence-electron chi connectivity index (χ1n) is 4.89. The van der Waals surface area contributed by atoms with Crippen molar-refractivity contribution in [2.75, 3.05) is 0 Å². The van der Waals surface area contributed by atoms with Crippen LogP contribution in [0.4, 0.5) is 0 Å². The van der Waals surface area contributed by atoms with Crippen molar-refractivity contribution in [3.63, 3.8) is 0 Å². The lowest BCUT2D eigenvalue weighted by Gasteiger charge is -1.95. The molecule has 1 aromatic heterocycles. The molecule has 5 heteroatoms. The normalized spacial score (nSPS) is 9.06. The molecule has 0 N–H and O–H groups in total. The van der Waals surface area contributed by atoms with Gasteiger partial charge in [0.05, 0.1) is 0 Å². The minimum Gasteiger partial charge on any atom is -0.463 e. The maximum absolute atomic E-state index is 9.76. The molecule has 1 heterocycles. The molecule has 0 aliphatic heterocycles. The third-order valence-corrected chi connectivity index (χ3v) is 3.23. The number of benzene rings is 1. The van der Waals surface area contributed by atoms with Crippen molar-refractivity contribution in [1.29, 1.82) is 0 Å². The van der Waals surface area contributed by atoms with Gasteiger partial charge in [0.15, 0.2) is 3.92 Å². The van der Waals surface area contributed by atoms with Crippen molar-refractivity contribution >= 4 is 33.7 Å². The van der Waals surface area contributed by atoms with Gasteiger partial charge in [0.25, 0.3) is 6.47 Å². The fourth-order valence-electron chi connectivity index (χ4n) is 1.03. The van der Waals surface area contributed by atoms with Crippen LogP contribution in [0.1, 0.15) is 11.3 Å². The summed E-state index contributed by atoms with van der Waals surface area (Å²) in [6.45, 7) is 2.79. The van der Waals surface area contributed by atoms with Gasteiger partial charge in [-0.15, -0.1) is 11.3 Å². The van der Waals surface area contributed by atoms with Crippen LogP contribution in [-0.2, 0) is 16.1 Å². The molecule has 0 fully saturated rings. The van der Waals surface area contributed by atoms with Crippen LogP contribution in [0.25, 0.3) is 0 Å². The van der Waals surface area contributed by atoms with Crippen molar-refractivity contribution < 1.29 is 9.53 Å². The lowest BCUT2D eigenvalue weighted by atomic mass is 10.2. The van der Waals surface area contributed by atoms with E-state index in [4.69, 9.17) is 0 Å². The number of rotatable bonds is 3. The second kappa shape index (κ2) is 7.97. The Labute approximate surface area is 113 Å². The van der Waals surface area contributed by atoms with Crippen molar-refractivity contribution in [2.45, 2.75) is 13.5 Å². The summed E-state index contributed by atoms with van der Waals surface area (Å²) < 4.78 is 5.50. The summed E-state index contributed by atoms with van der Waals surface area (Å²) in [4.78, 5) is 13.8. The number of halogens is 1. The maximum atomic E-state index is 9.76. The highest BCUT2D eigenvalue weighted by Crippen LogP contribution is 2.14. The lowest BCUT2D eigenvalue weighted by molar-refractivity contribution is -0.129. The molecule has 2 aromatic rings. The smallest absolute Gasteiger partial charge is 0.293 e. The summed E-state index contributed by atoms with van der Waals surface area (Å²) in [5.74, 6) is 0. The van der Waals surface area contributed by atoms with Gasteiger partial charge in [-0.1, -0.05) is 30.3 Å². The summed E-state index contributed by atoms with van der Waals surface area (Å²) in [6.07, 6.45) is 0. The van der Waals surface area contributed by atoms with Crippen LogP contribution in [0.5, 0.6) is 0 Å². The molecule has 0 radical (unpaired) electrons. The monoisotopic (exact) mass is 313 g/mol. The average Bonchev–Trinajstić information content (AvgIpc) is 2.73. The SMILES string of the molecule is Cc1csc(Br)n1.O=COCc1ccccc1. The molecule has 0 bridgehead atoms. The molecule has 0 saturated carbocycles. The first-order valence-corrected chi connectivity index (χ1v) is 6.56. The van der Waals surface area contributed by atoms with E-state index in [1.165, 1.54) is 0 Å². The molecule has 90 valence electrons. The number of carbonyl (C=O) groups is 1. The quantitative estimate of drug-likeness (QED) is 0.813. The van der Waals surface area contributed by atoms with Crippen molar-refractivity contribution in [3.05, 3.63) is 50.9 Å². The van der Waals surface area contributed by atoms with Gasteiger partial charge in [-0.25, -0.2) is 4.98 Å². The number of aryl methyl sites for hydroxylation is 1. The molecule has 0 unspecified atom stereocenters. The van der Waals surface area contributed by atoms with E-state index in [1.807, 2.05) is 42.6 Å². The molecule has 0 saturated heterocycles. The highest BCUT2D eigenvalue weighted by molar-refractivity contribution is 9.11. The van der Waals surface area contributed by atoms with Crippen LogP contribution in [0, 0.1) is 6.92 Å². The third-order valence-electron chi connectivity index (χ3n) is 1.75. The summed E-state index contributed by atoms with van der Waals surface area (Å²) in [7, 11) is 0. The Morgan fingerprint density at radius 2 is 2.12 bits per heavy atom. The molecule has 0 aliphatic rings. The number of hydrogen-bond donors (Lipinski definition) is 0. The van der Waals surface area contributed by atoms with Gasteiger partial charge >= 0.3 is 0 Å².